The molecule has 0 aliphatic carbocycles. The van der Waals surface area contributed by atoms with Gasteiger partial charge in [0.2, 0.25) is 0 Å². The molecule has 0 fully saturated rings. The van der Waals surface area contributed by atoms with Crippen LogP contribution < -0.4 is 10.6 Å². The Morgan fingerprint density at radius 1 is 0.680 bits per heavy atom. The summed E-state index contributed by atoms with van der Waals surface area (Å²) in [4.78, 5) is 26.0. The van der Waals surface area contributed by atoms with Gasteiger partial charge in [-0.25, -0.2) is 9.59 Å². The van der Waals surface area contributed by atoms with Gasteiger partial charge >= 0.3 is 24.5 Å². The first-order valence-electron chi connectivity index (χ1n) is 15.3. The maximum Gasteiger partial charge on any atom is 0.416 e. The van der Waals surface area contributed by atoms with Crippen LogP contribution in [-0.4, -0.2) is 18.8 Å². The second-order valence-electron chi connectivity index (χ2n) is 11.3. The van der Waals surface area contributed by atoms with Crippen LogP contribution in [0, 0.1) is 0 Å². The molecule has 0 bridgehead atoms. The molecule has 0 unspecified atom stereocenters. The number of alkyl halides is 6. The monoisotopic (exact) mass is 700 g/mol. The summed E-state index contributed by atoms with van der Waals surface area (Å²) < 4.78 is 98.4. The molecule has 4 aromatic rings. The van der Waals surface area contributed by atoms with Crippen LogP contribution in [0.5, 0.6) is 0 Å². The minimum Gasteiger partial charge on any atom is -0.445 e. The summed E-state index contributed by atoms with van der Waals surface area (Å²) in [6.07, 6.45) is -11.8. The maximum absolute atomic E-state index is 13.6. The van der Waals surface area contributed by atoms with Crippen molar-refractivity contribution in [1.82, 2.24) is 10.6 Å². The van der Waals surface area contributed by atoms with Crippen molar-refractivity contribution >= 4 is 12.2 Å². The summed E-state index contributed by atoms with van der Waals surface area (Å²) in [5, 5.41) is 5.32. The van der Waals surface area contributed by atoms with Gasteiger partial charge in [0, 0.05) is 5.70 Å². The molecule has 13 heteroatoms. The van der Waals surface area contributed by atoms with E-state index in [-0.39, 0.29) is 25.0 Å². The predicted molar refractivity (Wildman–Crippen MR) is 172 cm³/mol. The Labute approximate surface area is 284 Å². The average Bonchev–Trinajstić information content (AvgIpc) is 3.09. The standard InChI is InChI=1S/C37H34F6N2O5/c1-25(44-33(46)48-22-27-12-6-3-7-13-27)21-35(30-16-10-5-11-17-30,45-34(47)49-23-28-14-8-4-9-15-28)24-50-26(2)29-18-31(36(38,39)40)20-32(19-29)37(41,42)43/h3-21,26H,22-24H2,1-2H3,(H,44,46)(H,45,47)/b25-21-/t26-,35-/m1/s1. The smallest absolute Gasteiger partial charge is 0.416 e. The Bertz CT molecular complexity index is 1720. The molecular formula is C37H34F6N2O5. The van der Waals surface area contributed by atoms with E-state index in [9.17, 15) is 35.9 Å². The summed E-state index contributed by atoms with van der Waals surface area (Å²) in [5.74, 6) is 0. The maximum atomic E-state index is 13.6. The molecule has 7 nitrogen and oxygen atoms in total. The second-order valence-corrected chi connectivity index (χ2v) is 11.3. The van der Waals surface area contributed by atoms with Crippen LogP contribution in [0.1, 0.15) is 53.3 Å². The van der Waals surface area contributed by atoms with Gasteiger partial charge in [-0.05, 0) is 60.4 Å². The fourth-order valence-electron chi connectivity index (χ4n) is 4.92. The molecular weight excluding hydrogens is 666 g/mol. The van der Waals surface area contributed by atoms with Crippen LogP contribution in [0.3, 0.4) is 0 Å². The quantitative estimate of drug-likeness (QED) is 0.144. The lowest BCUT2D eigenvalue weighted by Gasteiger charge is -2.34. The number of nitrogens with one attached hydrogen (secondary N) is 2. The number of carbonyl (C=O) groups excluding carboxylic acids is 2. The summed E-state index contributed by atoms with van der Waals surface area (Å²) in [6.45, 7) is 2.12. The van der Waals surface area contributed by atoms with Crippen molar-refractivity contribution in [2.75, 3.05) is 6.61 Å². The highest BCUT2D eigenvalue weighted by molar-refractivity contribution is 5.71. The first kappa shape index (κ1) is 37.5. The molecule has 0 aromatic heterocycles. The third-order valence-corrected chi connectivity index (χ3v) is 7.44. The van der Waals surface area contributed by atoms with Crippen LogP contribution in [0.2, 0.25) is 0 Å². The van der Waals surface area contributed by atoms with Crippen LogP contribution in [-0.2, 0) is 45.3 Å². The first-order valence-corrected chi connectivity index (χ1v) is 15.3. The van der Waals surface area contributed by atoms with Crippen LogP contribution in [0.4, 0.5) is 35.9 Å². The van der Waals surface area contributed by atoms with Gasteiger partial charge in [-0.15, -0.1) is 0 Å². The SMILES string of the molecule is C/C(=C/[C@](CO[C@H](C)c1cc(C(F)(F)F)cc(C(F)(F)F)c1)(NC(=O)OCc1ccccc1)c1ccccc1)NC(=O)OCc1ccccc1. The molecule has 2 amide bonds. The number of hydrogen-bond donors (Lipinski definition) is 2. The highest BCUT2D eigenvalue weighted by atomic mass is 19.4. The molecule has 0 saturated carbocycles. The number of rotatable bonds is 12. The van der Waals surface area contributed by atoms with Gasteiger partial charge in [0.25, 0.3) is 0 Å². The molecule has 4 rings (SSSR count). The molecule has 0 radical (unpaired) electrons. The number of carbonyl (C=O) groups is 2. The zero-order valence-electron chi connectivity index (χ0n) is 27.0. The van der Waals surface area contributed by atoms with Crippen LogP contribution >= 0.6 is 0 Å². The minimum atomic E-state index is -5.06. The van der Waals surface area contributed by atoms with Crippen LogP contribution in [0.25, 0.3) is 0 Å². The summed E-state index contributed by atoms with van der Waals surface area (Å²) in [5.41, 5.74) is -3.09. The molecule has 0 aliphatic heterocycles. The van der Waals surface area contributed by atoms with Gasteiger partial charge in [0.1, 0.15) is 18.8 Å². The van der Waals surface area contributed by atoms with Gasteiger partial charge < -0.3 is 19.5 Å². The van der Waals surface area contributed by atoms with Crippen molar-refractivity contribution in [2.24, 2.45) is 0 Å². The van der Waals surface area contributed by atoms with Crippen molar-refractivity contribution < 1.29 is 50.1 Å². The zero-order chi connectivity index (χ0) is 36.4. The van der Waals surface area contributed by atoms with Gasteiger partial charge in [-0.1, -0.05) is 91.0 Å². The van der Waals surface area contributed by atoms with E-state index in [2.05, 4.69) is 10.6 Å². The minimum absolute atomic E-state index is 0.0312. The van der Waals surface area contributed by atoms with Gasteiger partial charge in [0.15, 0.2) is 0 Å². The Hall–Kier alpha value is -5.30. The van der Waals surface area contributed by atoms with Crippen molar-refractivity contribution in [3.8, 4) is 0 Å². The molecule has 0 aliphatic rings. The number of amides is 2. The fraction of sp³-hybridized carbons (Fsp3) is 0.243. The molecule has 50 heavy (non-hydrogen) atoms. The van der Waals surface area contributed by atoms with E-state index < -0.39 is 59.5 Å². The molecule has 0 spiro atoms. The van der Waals surface area contributed by atoms with Crippen molar-refractivity contribution in [2.45, 2.75) is 51.1 Å². The Balaban J connectivity index is 1.67. The second kappa shape index (κ2) is 16.4. The van der Waals surface area contributed by atoms with E-state index in [1.165, 1.54) is 19.9 Å². The van der Waals surface area contributed by atoms with Crippen LogP contribution in [0.15, 0.2) is 121 Å². The van der Waals surface area contributed by atoms with E-state index in [1.54, 1.807) is 84.9 Å². The Morgan fingerprint density at radius 3 is 1.62 bits per heavy atom. The Morgan fingerprint density at radius 2 is 1.14 bits per heavy atom. The van der Waals surface area contributed by atoms with Gasteiger partial charge in [0.05, 0.1) is 23.8 Å². The molecule has 2 N–H and O–H groups in total. The number of hydrogen-bond acceptors (Lipinski definition) is 5. The predicted octanol–water partition coefficient (Wildman–Crippen LogP) is 9.45. The number of alkyl carbamates (subject to hydrolysis) is 2. The lowest BCUT2D eigenvalue weighted by Crippen LogP contribution is -2.49. The van der Waals surface area contributed by atoms with E-state index in [0.717, 1.165) is 5.56 Å². The largest absolute Gasteiger partial charge is 0.445 e. The lowest BCUT2D eigenvalue weighted by molar-refractivity contribution is -0.143. The molecule has 2 atom stereocenters. The van der Waals surface area contributed by atoms with Gasteiger partial charge in [-0.2, -0.15) is 26.3 Å². The molecule has 0 saturated heterocycles. The van der Waals surface area contributed by atoms with Crippen molar-refractivity contribution in [1.29, 1.82) is 0 Å². The van der Waals surface area contributed by atoms with E-state index in [1.807, 2.05) is 6.07 Å². The Kier molecular flexibility index (Phi) is 12.3. The third-order valence-electron chi connectivity index (χ3n) is 7.44. The number of halogens is 6. The van der Waals surface area contributed by atoms with Crippen molar-refractivity contribution in [3.05, 3.63) is 154 Å². The molecule has 264 valence electrons. The molecule has 0 heterocycles. The number of ether oxygens (including phenoxy) is 3. The highest BCUT2D eigenvalue weighted by Crippen LogP contribution is 2.38. The summed E-state index contributed by atoms with van der Waals surface area (Å²) >= 11 is 0. The number of allylic oxidation sites excluding steroid dienone is 1. The summed E-state index contributed by atoms with van der Waals surface area (Å²) in [6, 6.07) is 27.1. The summed E-state index contributed by atoms with van der Waals surface area (Å²) in [7, 11) is 0. The topological polar surface area (TPSA) is 85.9 Å². The normalized spacial score (nSPS) is 13.9. The zero-order valence-corrected chi connectivity index (χ0v) is 27.0. The van der Waals surface area contributed by atoms with E-state index in [4.69, 9.17) is 14.2 Å². The number of benzene rings is 4. The first-order chi connectivity index (χ1) is 23.6. The fourth-order valence-corrected chi connectivity index (χ4v) is 4.92. The molecule has 4 aromatic carbocycles. The average molecular weight is 701 g/mol. The van der Waals surface area contributed by atoms with Crippen molar-refractivity contribution in [3.63, 3.8) is 0 Å². The van der Waals surface area contributed by atoms with E-state index >= 15 is 0 Å². The lowest BCUT2D eigenvalue weighted by atomic mass is 9.89. The third kappa shape index (κ3) is 10.9. The van der Waals surface area contributed by atoms with E-state index in [0.29, 0.717) is 23.3 Å². The highest BCUT2D eigenvalue weighted by Gasteiger charge is 2.38. The van der Waals surface area contributed by atoms with Gasteiger partial charge in [-0.3, -0.25) is 5.32 Å².